The first-order valence-corrected chi connectivity index (χ1v) is 2.92. The van der Waals surface area contributed by atoms with Crippen molar-refractivity contribution in [1.29, 1.82) is 0 Å². The van der Waals surface area contributed by atoms with Crippen molar-refractivity contribution in [3.63, 3.8) is 0 Å². The van der Waals surface area contributed by atoms with Gasteiger partial charge in [-0.1, -0.05) is 0 Å². The van der Waals surface area contributed by atoms with E-state index in [1.165, 1.54) is 0 Å². The molecule has 0 saturated carbocycles. The highest BCUT2D eigenvalue weighted by Gasteiger charge is 2.78. The Morgan fingerprint density at radius 2 is 0.867 bits per heavy atom. The molecule has 0 N–H and O–H groups in total. The molecule has 0 amide bonds. The van der Waals surface area contributed by atoms with Crippen molar-refractivity contribution < 1.29 is 44.7 Å². The van der Waals surface area contributed by atoms with Crippen molar-refractivity contribution >= 4 is 12.1 Å². The largest absolute Gasteiger partial charge is 0.404 e. The van der Waals surface area contributed by atoms with Crippen LogP contribution in [0.25, 0.3) is 0 Å². The normalized spacial score (nSPS) is 13.9. The van der Waals surface area contributed by atoms with Gasteiger partial charge in [0.25, 0.3) is 0 Å². The van der Waals surface area contributed by atoms with Gasteiger partial charge in [-0.3, -0.25) is 9.59 Å². The van der Waals surface area contributed by atoms with Gasteiger partial charge in [-0.15, -0.1) is 0 Å². The van der Waals surface area contributed by atoms with E-state index in [4.69, 9.17) is 0 Å². The topological polar surface area (TPSA) is 34.1 Å². The van der Waals surface area contributed by atoms with E-state index in [9.17, 15) is 44.7 Å². The Morgan fingerprint density at radius 1 is 0.667 bits per heavy atom. The van der Waals surface area contributed by atoms with E-state index in [1.54, 1.807) is 0 Å². The molecule has 0 saturated heterocycles. The number of carbonyl (C=O) groups excluding carboxylic acids is 2. The molecule has 0 atom stereocenters. The fraction of sp³-hybridized carbons (Fsp3) is 0.600. The van der Waals surface area contributed by atoms with Crippen molar-refractivity contribution in [3.8, 4) is 0 Å². The van der Waals surface area contributed by atoms with Crippen LogP contribution in [0.1, 0.15) is 0 Å². The van der Waals surface area contributed by atoms with Crippen molar-refractivity contribution in [2.75, 3.05) is 0 Å². The quantitative estimate of drug-likeness (QED) is 0.559. The van der Waals surface area contributed by atoms with Crippen LogP contribution in [-0.2, 0) is 9.59 Å². The number of carbonyl (C=O) groups is 2. The highest BCUT2D eigenvalue weighted by atomic mass is 19.4. The van der Waals surface area contributed by atoms with Crippen molar-refractivity contribution in [2.45, 2.75) is 17.8 Å². The van der Waals surface area contributed by atoms with Gasteiger partial charge in [-0.05, 0) is 0 Å². The summed E-state index contributed by atoms with van der Waals surface area (Å²) in [6, 6.07) is -8.21. The molecule has 0 aromatic carbocycles. The molecule has 0 radical (unpaired) electrons. The molecule has 0 spiro atoms. The molecule has 2 nitrogen and oxygen atoms in total. The number of halogens is 8. The fourth-order valence-corrected chi connectivity index (χ4v) is 0.444. The maximum atomic E-state index is 12.1. The predicted molar refractivity (Wildman–Crippen MR) is 27.1 cm³/mol. The van der Waals surface area contributed by atoms with Crippen LogP contribution in [0.15, 0.2) is 0 Å². The Labute approximate surface area is 75.8 Å². The van der Waals surface area contributed by atoms with Crippen LogP contribution in [0.3, 0.4) is 0 Å². The maximum Gasteiger partial charge on any atom is 0.404 e. The second kappa shape index (κ2) is 3.42. The molecule has 0 unspecified atom stereocenters. The van der Waals surface area contributed by atoms with Crippen LogP contribution >= 0.6 is 0 Å². The van der Waals surface area contributed by atoms with E-state index in [0.717, 1.165) is 0 Å². The number of rotatable bonds is 4. The third kappa shape index (κ3) is 1.79. The second-order valence-electron chi connectivity index (χ2n) is 2.27. The van der Waals surface area contributed by atoms with Crippen LogP contribution in [0.2, 0.25) is 0 Å². The third-order valence-corrected chi connectivity index (χ3v) is 1.28. The Bertz CT molecular complexity index is 267. The van der Waals surface area contributed by atoms with E-state index in [2.05, 4.69) is 0 Å². The van der Waals surface area contributed by atoms with Crippen LogP contribution in [0.5, 0.6) is 0 Å². The molecule has 0 fully saturated rings. The first-order valence-electron chi connectivity index (χ1n) is 2.92. The molecule has 0 aliphatic heterocycles. The number of hydrogen-bond donors (Lipinski definition) is 0. The molecule has 0 rings (SSSR count). The van der Waals surface area contributed by atoms with Crippen LogP contribution in [-0.4, -0.2) is 29.8 Å². The summed E-state index contributed by atoms with van der Waals surface area (Å²) in [6.07, 6.45) is 0. The Balaban J connectivity index is 5.50. The third-order valence-electron chi connectivity index (χ3n) is 1.28. The zero-order valence-electron chi connectivity index (χ0n) is 6.34. The van der Waals surface area contributed by atoms with Crippen molar-refractivity contribution in [1.82, 2.24) is 0 Å². The number of hydrogen-bond acceptors (Lipinski definition) is 2. The molecule has 88 valence electrons. The lowest BCUT2D eigenvalue weighted by Gasteiger charge is -2.26. The lowest BCUT2D eigenvalue weighted by atomic mass is 10.1. The second-order valence-corrected chi connectivity index (χ2v) is 2.27. The van der Waals surface area contributed by atoms with Gasteiger partial charge < -0.3 is 0 Å². The minimum Gasteiger partial charge on any atom is -0.254 e. The van der Waals surface area contributed by atoms with Crippen molar-refractivity contribution in [2.24, 2.45) is 0 Å². The van der Waals surface area contributed by atoms with Gasteiger partial charge in [0.2, 0.25) is 0 Å². The molecule has 0 aromatic heterocycles. The van der Waals surface area contributed by atoms with Gasteiger partial charge >= 0.3 is 29.8 Å². The van der Waals surface area contributed by atoms with Gasteiger partial charge in [-0.25, -0.2) is 0 Å². The zero-order chi connectivity index (χ0) is 12.7. The maximum absolute atomic E-state index is 12.1. The molecule has 10 heteroatoms. The average molecular weight is 244 g/mol. The summed E-state index contributed by atoms with van der Waals surface area (Å²) in [6.45, 7) is 0. The van der Waals surface area contributed by atoms with Crippen molar-refractivity contribution in [3.05, 3.63) is 0 Å². The Kier molecular flexibility index (Phi) is 3.14. The minimum absolute atomic E-state index is 4.10. The van der Waals surface area contributed by atoms with E-state index >= 15 is 0 Å². The van der Waals surface area contributed by atoms with Crippen LogP contribution in [0, 0.1) is 0 Å². The molecular weight excluding hydrogens is 244 g/mol. The summed E-state index contributed by atoms with van der Waals surface area (Å²) in [5.74, 6) is -19.8. The molecule has 0 heterocycles. The summed E-state index contributed by atoms with van der Waals surface area (Å²) in [4.78, 5) is 18.6. The van der Waals surface area contributed by atoms with E-state index in [1.807, 2.05) is 0 Å². The van der Waals surface area contributed by atoms with Crippen LogP contribution in [0.4, 0.5) is 35.1 Å². The highest BCUT2D eigenvalue weighted by Crippen LogP contribution is 2.46. The van der Waals surface area contributed by atoms with Gasteiger partial charge in [0, 0.05) is 0 Å². The van der Waals surface area contributed by atoms with Gasteiger partial charge in [-0.2, -0.15) is 35.1 Å². The van der Waals surface area contributed by atoms with Gasteiger partial charge in [0.1, 0.15) is 0 Å². The zero-order valence-corrected chi connectivity index (χ0v) is 6.34. The smallest absolute Gasteiger partial charge is 0.254 e. The standard InChI is InChI=1S/C5F8O2/c6-1(14)3(8,9)5(12,13)4(10,11)2(7)15. The lowest BCUT2D eigenvalue weighted by molar-refractivity contribution is -0.293. The predicted octanol–water partition coefficient (Wildman–Crippen LogP) is 1.88. The first kappa shape index (κ1) is 13.8. The molecule has 0 aliphatic carbocycles. The summed E-state index contributed by atoms with van der Waals surface area (Å²) in [5.41, 5.74) is 0. The molecule has 15 heavy (non-hydrogen) atoms. The number of alkyl halides is 6. The molecular formula is C5F8O2. The Hall–Kier alpha value is -1.22. The highest BCUT2D eigenvalue weighted by molar-refractivity contribution is 5.83. The average Bonchev–Trinajstić information content (AvgIpc) is 2.02. The first-order chi connectivity index (χ1) is 6.39. The lowest BCUT2D eigenvalue weighted by Crippen LogP contribution is -2.59. The summed E-state index contributed by atoms with van der Waals surface area (Å²) in [5, 5.41) is 0. The van der Waals surface area contributed by atoms with Gasteiger partial charge in [0.15, 0.2) is 0 Å². The summed E-state index contributed by atoms with van der Waals surface area (Å²) in [7, 11) is 0. The molecule has 0 aliphatic rings. The van der Waals surface area contributed by atoms with Crippen LogP contribution < -0.4 is 0 Å². The molecule has 0 bridgehead atoms. The summed E-state index contributed by atoms with van der Waals surface area (Å²) < 4.78 is 94.4. The SMILES string of the molecule is O=C(F)C(F)(F)C(F)(F)C(F)(F)C(=O)F. The van der Waals surface area contributed by atoms with E-state index in [0.29, 0.717) is 0 Å². The Morgan fingerprint density at radius 3 is 1.00 bits per heavy atom. The van der Waals surface area contributed by atoms with E-state index < -0.39 is 29.8 Å². The molecule has 0 aromatic rings. The fourth-order valence-electron chi connectivity index (χ4n) is 0.444. The monoisotopic (exact) mass is 244 g/mol. The summed E-state index contributed by atoms with van der Waals surface area (Å²) >= 11 is 0. The van der Waals surface area contributed by atoms with Gasteiger partial charge in [0.05, 0.1) is 0 Å². The minimum atomic E-state index is -6.78. The van der Waals surface area contributed by atoms with E-state index in [-0.39, 0.29) is 0 Å².